The zero-order valence-electron chi connectivity index (χ0n) is 11.2. The largest absolute Gasteiger partial charge is 0.290 e. The topological polar surface area (TPSA) is 17.1 Å². The average molecular weight is 339 g/mol. The van der Waals surface area contributed by atoms with Crippen molar-refractivity contribution in [1.82, 2.24) is 0 Å². The van der Waals surface area contributed by atoms with Crippen molar-refractivity contribution in [3.63, 3.8) is 0 Å². The minimum Gasteiger partial charge on any atom is -0.290 e. The molecule has 0 fully saturated rings. The molecular weight excluding hydrogens is 329 g/mol. The van der Waals surface area contributed by atoms with Gasteiger partial charge >= 0.3 is 0 Å². The Bertz CT molecular complexity index is 663. The van der Waals surface area contributed by atoms with Gasteiger partial charge in [-0.15, -0.1) is 0 Å². The molecule has 0 spiro atoms. The summed E-state index contributed by atoms with van der Waals surface area (Å²) in [5.41, 5.74) is 0.240. The number of carbonyl (C=O) groups is 1. The van der Waals surface area contributed by atoms with Crippen LogP contribution in [-0.4, -0.2) is 5.78 Å². The summed E-state index contributed by atoms with van der Waals surface area (Å²) in [6, 6.07) is 8.46. The fourth-order valence-corrected chi connectivity index (χ4v) is 2.18. The standard InChI is InChI=1S/C17H10Cl2F2O/c18-14-3-1-5-16(20)12(14)9-7-11(22)8-10-13-15(19)4-2-6-17(13)21/h1-10H/b9-7+,10-8?. The molecule has 2 aromatic rings. The smallest absolute Gasteiger partial charge is 0.178 e. The number of rotatable bonds is 4. The molecule has 5 heteroatoms. The van der Waals surface area contributed by atoms with Crippen LogP contribution < -0.4 is 0 Å². The Kier molecular flexibility index (Phi) is 5.47. The van der Waals surface area contributed by atoms with Gasteiger partial charge < -0.3 is 0 Å². The number of benzene rings is 2. The van der Waals surface area contributed by atoms with E-state index >= 15 is 0 Å². The zero-order valence-corrected chi connectivity index (χ0v) is 12.7. The number of carbonyl (C=O) groups excluding carboxylic acids is 1. The van der Waals surface area contributed by atoms with Crippen LogP contribution in [0.5, 0.6) is 0 Å². The summed E-state index contributed by atoms with van der Waals surface area (Å²) in [5.74, 6) is -1.51. The highest BCUT2D eigenvalue weighted by atomic mass is 35.5. The number of hydrogen-bond donors (Lipinski definition) is 0. The molecule has 0 aromatic heterocycles. The Balaban J connectivity index is 2.17. The Morgan fingerprint density at radius 2 is 1.23 bits per heavy atom. The highest BCUT2D eigenvalue weighted by Crippen LogP contribution is 2.21. The van der Waals surface area contributed by atoms with Crippen molar-refractivity contribution >= 4 is 41.1 Å². The average Bonchev–Trinajstić information content (AvgIpc) is 2.46. The summed E-state index contributed by atoms with van der Waals surface area (Å²) in [7, 11) is 0. The van der Waals surface area contributed by atoms with Crippen LogP contribution in [0.1, 0.15) is 11.1 Å². The first-order valence-corrected chi connectivity index (χ1v) is 7.03. The second-order valence-corrected chi connectivity index (χ2v) is 5.15. The first kappa shape index (κ1) is 16.4. The second-order valence-electron chi connectivity index (χ2n) is 4.34. The molecule has 0 aliphatic carbocycles. The van der Waals surface area contributed by atoms with Crippen molar-refractivity contribution in [3.05, 3.63) is 81.4 Å². The molecule has 0 atom stereocenters. The van der Waals surface area contributed by atoms with Gasteiger partial charge in [0, 0.05) is 11.1 Å². The van der Waals surface area contributed by atoms with Crippen molar-refractivity contribution < 1.29 is 13.6 Å². The summed E-state index contributed by atoms with van der Waals surface area (Å²) in [6.07, 6.45) is 4.84. The molecule has 1 nitrogen and oxygen atoms in total. The molecular formula is C17H10Cl2F2O. The second kappa shape index (κ2) is 7.34. The highest BCUT2D eigenvalue weighted by Gasteiger charge is 2.05. The van der Waals surface area contributed by atoms with Gasteiger partial charge in [0.2, 0.25) is 0 Å². The highest BCUT2D eigenvalue weighted by molar-refractivity contribution is 6.32. The Morgan fingerprint density at radius 3 is 1.59 bits per heavy atom. The fourth-order valence-electron chi connectivity index (χ4n) is 1.73. The summed E-state index contributed by atoms with van der Waals surface area (Å²) < 4.78 is 27.1. The first-order chi connectivity index (χ1) is 10.5. The molecule has 2 rings (SSSR count). The summed E-state index contributed by atoms with van der Waals surface area (Å²) in [5, 5.41) is 0.398. The number of halogens is 4. The van der Waals surface area contributed by atoms with E-state index in [2.05, 4.69) is 0 Å². The van der Waals surface area contributed by atoms with E-state index < -0.39 is 17.4 Å². The lowest BCUT2D eigenvalue weighted by molar-refractivity contribution is -0.110. The van der Waals surface area contributed by atoms with E-state index in [1.807, 2.05) is 0 Å². The summed E-state index contributed by atoms with van der Waals surface area (Å²) in [6.45, 7) is 0. The van der Waals surface area contributed by atoms with Crippen LogP contribution >= 0.6 is 23.2 Å². The summed E-state index contributed by atoms with van der Waals surface area (Å²) >= 11 is 11.7. The van der Waals surface area contributed by atoms with E-state index in [1.54, 1.807) is 0 Å². The van der Waals surface area contributed by atoms with Gasteiger partial charge in [0.1, 0.15) is 11.6 Å². The van der Waals surface area contributed by atoms with E-state index in [1.165, 1.54) is 48.6 Å². The molecule has 0 bridgehead atoms. The van der Waals surface area contributed by atoms with Crippen LogP contribution in [0, 0.1) is 11.6 Å². The molecule has 0 aliphatic rings. The molecule has 0 unspecified atom stereocenters. The van der Waals surface area contributed by atoms with Gasteiger partial charge in [-0.3, -0.25) is 4.79 Å². The van der Waals surface area contributed by atoms with Crippen molar-refractivity contribution in [2.45, 2.75) is 0 Å². The predicted octanol–water partition coefficient (Wildman–Crippen LogP) is 5.57. The Labute approximate surface area is 136 Å². The molecule has 2 aromatic carbocycles. The lowest BCUT2D eigenvalue weighted by Crippen LogP contribution is -1.89. The maximum absolute atomic E-state index is 13.5. The van der Waals surface area contributed by atoms with Crippen molar-refractivity contribution in [1.29, 1.82) is 0 Å². The van der Waals surface area contributed by atoms with Gasteiger partial charge in [0.25, 0.3) is 0 Å². The molecule has 22 heavy (non-hydrogen) atoms. The minimum absolute atomic E-state index is 0.120. The lowest BCUT2D eigenvalue weighted by atomic mass is 10.1. The summed E-state index contributed by atoms with van der Waals surface area (Å²) in [4.78, 5) is 11.7. The Hall–Kier alpha value is -1.97. The molecule has 0 saturated heterocycles. The fraction of sp³-hybridized carbons (Fsp3) is 0. The monoisotopic (exact) mass is 338 g/mol. The first-order valence-electron chi connectivity index (χ1n) is 6.27. The number of hydrogen-bond acceptors (Lipinski definition) is 1. The van der Waals surface area contributed by atoms with Gasteiger partial charge in [0.05, 0.1) is 10.0 Å². The van der Waals surface area contributed by atoms with Crippen LogP contribution in [-0.2, 0) is 4.79 Å². The van der Waals surface area contributed by atoms with Gasteiger partial charge in [0.15, 0.2) is 5.78 Å². The van der Waals surface area contributed by atoms with Crippen molar-refractivity contribution in [3.8, 4) is 0 Å². The van der Waals surface area contributed by atoms with Crippen LogP contribution in [0.25, 0.3) is 12.2 Å². The third-order valence-corrected chi connectivity index (χ3v) is 3.49. The van der Waals surface area contributed by atoms with Crippen LogP contribution in [0.2, 0.25) is 10.0 Å². The molecule has 0 amide bonds. The maximum atomic E-state index is 13.5. The van der Waals surface area contributed by atoms with Gasteiger partial charge in [-0.05, 0) is 48.6 Å². The van der Waals surface area contributed by atoms with Gasteiger partial charge in [-0.25, -0.2) is 8.78 Å². The third-order valence-electron chi connectivity index (χ3n) is 2.83. The van der Waals surface area contributed by atoms with E-state index in [9.17, 15) is 13.6 Å². The molecule has 0 N–H and O–H groups in total. The van der Waals surface area contributed by atoms with Crippen molar-refractivity contribution in [2.24, 2.45) is 0 Å². The maximum Gasteiger partial charge on any atom is 0.178 e. The van der Waals surface area contributed by atoms with Crippen molar-refractivity contribution in [2.75, 3.05) is 0 Å². The zero-order chi connectivity index (χ0) is 16.1. The van der Waals surface area contributed by atoms with Crippen LogP contribution in [0.4, 0.5) is 8.78 Å². The normalized spacial score (nSPS) is 11.5. The van der Waals surface area contributed by atoms with E-state index in [4.69, 9.17) is 23.2 Å². The van der Waals surface area contributed by atoms with Crippen LogP contribution in [0.15, 0.2) is 48.6 Å². The SMILES string of the molecule is O=C(C=Cc1c(F)cccc1Cl)/C=C/c1c(F)cccc1Cl. The van der Waals surface area contributed by atoms with E-state index in [0.717, 1.165) is 12.2 Å². The molecule has 0 radical (unpaired) electrons. The molecule has 0 saturated carbocycles. The molecule has 112 valence electrons. The van der Waals surface area contributed by atoms with Gasteiger partial charge in [-0.2, -0.15) is 0 Å². The third kappa shape index (κ3) is 4.03. The molecule has 0 aliphatic heterocycles. The lowest BCUT2D eigenvalue weighted by Gasteiger charge is -1.99. The quantitative estimate of drug-likeness (QED) is 0.666. The van der Waals surface area contributed by atoms with E-state index in [0.29, 0.717) is 0 Å². The van der Waals surface area contributed by atoms with E-state index in [-0.39, 0.29) is 21.2 Å². The van der Waals surface area contributed by atoms with Gasteiger partial charge in [-0.1, -0.05) is 35.3 Å². The Morgan fingerprint density at radius 1 is 0.818 bits per heavy atom. The number of ketones is 1. The minimum atomic E-state index is -0.530. The molecule has 0 heterocycles. The van der Waals surface area contributed by atoms with Crippen LogP contribution in [0.3, 0.4) is 0 Å². The number of allylic oxidation sites excluding steroid dienone is 2. The predicted molar refractivity (Wildman–Crippen MR) is 85.9 cm³/mol.